The Labute approximate surface area is 233 Å². The van der Waals surface area contributed by atoms with Gasteiger partial charge in [0.05, 0.1) is 0 Å². The first kappa shape index (κ1) is 29.1. The normalized spacial score (nSPS) is 15.6. The van der Waals surface area contributed by atoms with E-state index in [9.17, 15) is 4.79 Å². The molecule has 5 nitrogen and oxygen atoms in total. The number of nitrogens with one attached hydrogen (secondary N) is 1. The molecule has 0 aliphatic carbocycles. The second-order valence-corrected chi connectivity index (χ2v) is 9.99. The van der Waals surface area contributed by atoms with Gasteiger partial charge in [-0.25, -0.2) is 0 Å². The predicted octanol–water partition coefficient (Wildman–Crippen LogP) is 7.28. The van der Waals surface area contributed by atoms with Crippen LogP contribution in [0.5, 0.6) is 0 Å². The summed E-state index contributed by atoms with van der Waals surface area (Å²) in [5.41, 5.74) is 5.95. The summed E-state index contributed by atoms with van der Waals surface area (Å²) in [6, 6.07) is 16.5. The van der Waals surface area contributed by atoms with Gasteiger partial charge in [-0.2, -0.15) is 0 Å². The summed E-state index contributed by atoms with van der Waals surface area (Å²) in [5.74, 6) is -0.0900. The highest BCUT2D eigenvalue weighted by Crippen LogP contribution is 2.24. The Balaban J connectivity index is 0.00000127. The van der Waals surface area contributed by atoms with Crippen molar-refractivity contribution in [2.24, 2.45) is 0 Å². The van der Waals surface area contributed by atoms with Crippen molar-refractivity contribution in [2.75, 3.05) is 36.0 Å². The number of amides is 1. The fourth-order valence-electron chi connectivity index (χ4n) is 4.34. The number of piperazine rings is 1. The minimum Gasteiger partial charge on any atom is -0.368 e. The first-order valence-electron chi connectivity index (χ1n) is 13.5. The van der Waals surface area contributed by atoms with Crippen LogP contribution in [-0.2, 0) is 11.3 Å². The molecule has 1 saturated heterocycles. The molecule has 1 N–H and O–H groups in total. The van der Waals surface area contributed by atoms with Gasteiger partial charge in [-0.3, -0.25) is 4.79 Å². The van der Waals surface area contributed by atoms with Gasteiger partial charge < -0.3 is 20.0 Å². The maximum absolute atomic E-state index is 13.1. The first-order valence-corrected chi connectivity index (χ1v) is 13.9. The van der Waals surface area contributed by atoms with Gasteiger partial charge in [-0.05, 0) is 73.0 Å². The number of carbonyl (C=O) groups excluding carboxylic acids is 1. The van der Waals surface area contributed by atoms with Crippen LogP contribution in [0.3, 0.4) is 0 Å². The zero-order valence-electron chi connectivity index (χ0n) is 23.2. The van der Waals surface area contributed by atoms with E-state index in [1.165, 1.54) is 17.8 Å². The van der Waals surface area contributed by atoms with Gasteiger partial charge in [0.2, 0.25) is 0 Å². The monoisotopic (exact) mass is 532 g/mol. The Morgan fingerprint density at radius 1 is 0.895 bits per heavy atom. The molecule has 0 radical (unpaired) electrons. The van der Waals surface area contributed by atoms with Crippen LogP contribution in [0.4, 0.5) is 11.4 Å². The van der Waals surface area contributed by atoms with E-state index >= 15 is 0 Å². The molecule has 2 aliphatic heterocycles. The largest absolute Gasteiger partial charge is 0.368 e. The van der Waals surface area contributed by atoms with Crippen molar-refractivity contribution in [1.82, 2.24) is 10.2 Å². The standard InChI is InChI=1S/C29H33ClN4O.C3H8/c1-4-22(2)28(34-16-6-5-7-23(34)3)29(35)31-21-24-8-12-26(13-9-24)32-17-19-33(20-18-32)27-14-10-25(30)11-15-27;1-3-2/h5-16H,3-4,17-21H2,1-2H3,(H,31,35);3H2,1-2H3/b28-22+;. The average molecular weight is 533 g/mol. The molecule has 2 heterocycles. The SMILES string of the molecule is C=C1C=CC=CN1/C(C(=O)NCc1ccc(N2CCN(c3ccc(Cl)cc3)CC2)cc1)=C(\C)CC.CCC. The molecule has 1 amide bonds. The van der Waals surface area contributed by atoms with Gasteiger partial charge in [0, 0.05) is 61.0 Å². The topological polar surface area (TPSA) is 38.8 Å². The third-order valence-electron chi connectivity index (χ3n) is 6.56. The number of allylic oxidation sites excluding steroid dienone is 4. The summed E-state index contributed by atoms with van der Waals surface area (Å²) in [6.45, 7) is 16.7. The zero-order valence-corrected chi connectivity index (χ0v) is 24.0. The Kier molecular flexibility index (Phi) is 11.1. The number of hydrogen-bond donors (Lipinski definition) is 1. The van der Waals surface area contributed by atoms with Gasteiger partial charge in [-0.1, -0.05) is 63.6 Å². The van der Waals surface area contributed by atoms with Gasteiger partial charge in [0.1, 0.15) is 5.70 Å². The van der Waals surface area contributed by atoms with E-state index < -0.39 is 0 Å². The minimum absolute atomic E-state index is 0.0900. The summed E-state index contributed by atoms with van der Waals surface area (Å²) in [6.07, 6.45) is 9.68. The second-order valence-electron chi connectivity index (χ2n) is 9.55. The average Bonchev–Trinajstić information content (AvgIpc) is 2.94. The fourth-order valence-corrected chi connectivity index (χ4v) is 4.46. The van der Waals surface area contributed by atoms with Crippen LogP contribution >= 0.6 is 11.6 Å². The molecule has 1 fully saturated rings. The number of rotatable bonds is 7. The van der Waals surface area contributed by atoms with Crippen molar-refractivity contribution >= 4 is 28.9 Å². The Bertz CT molecular complexity index is 1160. The summed E-state index contributed by atoms with van der Waals surface area (Å²) in [5, 5.41) is 3.86. The molecule has 0 aromatic heterocycles. The van der Waals surface area contributed by atoms with Crippen molar-refractivity contribution < 1.29 is 4.79 Å². The molecule has 6 heteroatoms. The second kappa shape index (κ2) is 14.5. The van der Waals surface area contributed by atoms with E-state index in [-0.39, 0.29) is 5.91 Å². The van der Waals surface area contributed by atoms with Crippen LogP contribution in [0, 0.1) is 0 Å². The molecule has 0 spiro atoms. The minimum atomic E-state index is -0.0900. The quantitative estimate of drug-likeness (QED) is 0.380. The summed E-state index contributed by atoms with van der Waals surface area (Å²) in [7, 11) is 0. The highest BCUT2D eigenvalue weighted by atomic mass is 35.5. The van der Waals surface area contributed by atoms with Crippen molar-refractivity contribution in [1.29, 1.82) is 0 Å². The van der Waals surface area contributed by atoms with E-state index in [1.54, 1.807) is 0 Å². The lowest BCUT2D eigenvalue weighted by molar-refractivity contribution is -0.118. The maximum Gasteiger partial charge on any atom is 0.268 e. The van der Waals surface area contributed by atoms with Gasteiger partial charge in [0.25, 0.3) is 5.91 Å². The molecular weight excluding hydrogens is 492 g/mol. The fraction of sp³-hybridized carbons (Fsp3) is 0.344. The molecule has 2 aromatic carbocycles. The van der Waals surface area contributed by atoms with Crippen LogP contribution in [-0.4, -0.2) is 37.0 Å². The molecule has 0 unspecified atom stereocenters. The number of carbonyl (C=O) groups is 1. The van der Waals surface area contributed by atoms with Crippen molar-refractivity contribution in [3.8, 4) is 0 Å². The molecule has 0 saturated carbocycles. The molecule has 0 atom stereocenters. The molecule has 4 rings (SSSR count). The van der Waals surface area contributed by atoms with Crippen LogP contribution in [0.1, 0.15) is 46.1 Å². The van der Waals surface area contributed by atoms with E-state index in [0.717, 1.165) is 54.5 Å². The Morgan fingerprint density at radius 3 is 1.92 bits per heavy atom. The number of hydrogen-bond acceptors (Lipinski definition) is 4. The third-order valence-corrected chi connectivity index (χ3v) is 6.81. The first-order chi connectivity index (χ1) is 18.4. The highest BCUT2D eigenvalue weighted by Gasteiger charge is 2.21. The molecule has 202 valence electrons. The van der Waals surface area contributed by atoms with Gasteiger partial charge >= 0.3 is 0 Å². The number of anilines is 2. The third kappa shape index (κ3) is 7.78. The van der Waals surface area contributed by atoms with Crippen molar-refractivity contribution in [3.05, 3.63) is 107 Å². The molecule has 2 aromatic rings. The Morgan fingerprint density at radius 2 is 1.42 bits per heavy atom. The lowest BCUT2D eigenvalue weighted by Crippen LogP contribution is -2.46. The summed E-state index contributed by atoms with van der Waals surface area (Å²) >= 11 is 6.02. The smallest absolute Gasteiger partial charge is 0.268 e. The Hall–Kier alpha value is -3.44. The van der Waals surface area contributed by atoms with Crippen LogP contribution in [0.25, 0.3) is 0 Å². The predicted molar refractivity (Wildman–Crippen MR) is 162 cm³/mol. The van der Waals surface area contributed by atoms with Crippen molar-refractivity contribution in [2.45, 2.75) is 47.1 Å². The highest BCUT2D eigenvalue weighted by molar-refractivity contribution is 6.30. The zero-order chi connectivity index (χ0) is 27.5. The van der Waals surface area contributed by atoms with E-state index in [1.807, 2.05) is 48.4 Å². The summed E-state index contributed by atoms with van der Waals surface area (Å²) in [4.78, 5) is 19.8. The molecular formula is C32H41ClN4O. The lowest BCUT2D eigenvalue weighted by atomic mass is 10.1. The van der Waals surface area contributed by atoms with E-state index in [4.69, 9.17) is 11.6 Å². The lowest BCUT2D eigenvalue weighted by Gasteiger charge is -2.37. The molecule has 2 aliphatic rings. The van der Waals surface area contributed by atoms with Crippen LogP contribution < -0.4 is 15.1 Å². The van der Waals surface area contributed by atoms with Crippen LogP contribution in [0.2, 0.25) is 5.02 Å². The van der Waals surface area contributed by atoms with E-state index in [2.05, 4.69) is 78.9 Å². The van der Waals surface area contributed by atoms with Crippen LogP contribution in [0.15, 0.2) is 96.5 Å². The number of halogens is 1. The molecule has 0 bridgehead atoms. The number of nitrogens with zero attached hydrogens (tertiary/aromatic N) is 3. The molecule has 38 heavy (non-hydrogen) atoms. The van der Waals surface area contributed by atoms with Gasteiger partial charge in [0.15, 0.2) is 0 Å². The van der Waals surface area contributed by atoms with Gasteiger partial charge in [-0.15, -0.1) is 0 Å². The van der Waals surface area contributed by atoms with E-state index in [0.29, 0.717) is 12.2 Å². The maximum atomic E-state index is 13.1. The summed E-state index contributed by atoms with van der Waals surface area (Å²) < 4.78 is 0. The number of benzene rings is 2. The van der Waals surface area contributed by atoms with Crippen molar-refractivity contribution in [3.63, 3.8) is 0 Å².